The zero-order chi connectivity index (χ0) is 17.2. The van der Waals surface area contributed by atoms with Gasteiger partial charge in [0.1, 0.15) is 11.8 Å². The molecule has 1 fully saturated rings. The monoisotopic (exact) mass is 330 g/mol. The lowest BCUT2D eigenvalue weighted by Gasteiger charge is -2.41. The number of likely N-dealkylation sites (N-methyl/N-ethyl adjacent to an activating group) is 1. The van der Waals surface area contributed by atoms with Crippen LogP contribution in [0.4, 0.5) is 5.82 Å². The van der Waals surface area contributed by atoms with Crippen LogP contribution >= 0.6 is 0 Å². The molecule has 1 amide bonds. The number of nitrogens with one attached hydrogen (secondary N) is 1. The molecule has 130 valence electrons. The van der Waals surface area contributed by atoms with Crippen LogP contribution in [0.5, 0.6) is 0 Å². The molecule has 2 aromatic heterocycles. The lowest BCUT2D eigenvalue weighted by Crippen LogP contribution is -2.48. The first-order chi connectivity index (χ1) is 11.5. The fourth-order valence-corrected chi connectivity index (χ4v) is 3.76. The minimum Gasteiger partial charge on any atom is -0.348 e. The summed E-state index contributed by atoms with van der Waals surface area (Å²) in [6.07, 6.45) is 7.72. The van der Waals surface area contributed by atoms with E-state index in [1.165, 1.54) is 19.2 Å². The summed E-state index contributed by atoms with van der Waals surface area (Å²) in [5.74, 6) is 0.866. The molecule has 1 aliphatic rings. The van der Waals surface area contributed by atoms with E-state index in [0.717, 1.165) is 31.4 Å². The van der Waals surface area contributed by atoms with E-state index >= 15 is 0 Å². The number of rotatable bonds is 5. The molecule has 0 aromatic carbocycles. The summed E-state index contributed by atoms with van der Waals surface area (Å²) >= 11 is 0. The number of H-pyrrole nitrogens is 1. The quantitative estimate of drug-likeness (QED) is 0.909. The highest BCUT2D eigenvalue weighted by Gasteiger charge is 2.32. The SMILES string of the molecule is CCC[C@@]1(C)CCCN(C(=O)CN(C)c2ncnc3nc[nH]c23)C1. The van der Waals surface area contributed by atoms with Crippen molar-refractivity contribution in [2.75, 3.05) is 31.6 Å². The van der Waals surface area contributed by atoms with Crippen molar-refractivity contribution in [1.82, 2.24) is 24.8 Å². The van der Waals surface area contributed by atoms with Crippen LogP contribution in [0, 0.1) is 5.41 Å². The van der Waals surface area contributed by atoms with Crippen LogP contribution in [-0.4, -0.2) is 57.4 Å². The maximum atomic E-state index is 12.8. The van der Waals surface area contributed by atoms with Crippen LogP contribution in [0.2, 0.25) is 0 Å². The lowest BCUT2D eigenvalue weighted by molar-refractivity contribution is -0.133. The van der Waals surface area contributed by atoms with E-state index in [-0.39, 0.29) is 11.3 Å². The zero-order valence-corrected chi connectivity index (χ0v) is 14.7. The highest BCUT2D eigenvalue weighted by atomic mass is 16.2. The second-order valence-electron chi connectivity index (χ2n) is 7.13. The van der Waals surface area contributed by atoms with Gasteiger partial charge in [-0.3, -0.25) is 4.79 Å². The molecule has 0 saturated carbocycles. The first-order valence-corrected chi connectivity index (χ1v) is 8.65. The van der Waals surface area contributed by atoms with Crippen molar-refractivity contribution in [2.24, 2.45) is 5.41 Å². The van der Waals surface area contributed by atoms with E-state index in [4.69, 9.17) is 0 Å². The van der Waals surface area contributed by atoms with Gasteiger partial charge in [0.25, 0.3) is 0 Å². The van der Waals surface area contributed by atoms with Gasteiger partial charge in [0.15, 0.2) is 11.5 Å². The van der Waals surface area contributed by atoms with E-state index in [9.17, 15) is 4.79 Å². The van der Waals surface area contributed by atoms with Crippen molar-refractivity contribution < 1.29 is 4.79 Å². The normalized spacial score (nSPS) is 21.2. The number of anilines is 1. The van der Waals surface area contributed by atoms with Gasteiger partial charge < -0.3 is 14.8 Å². The second-order valence-corrected chi connectivity index (χ2v) is 7.13. The Balaban J connectivity index is 1.69. The number of imidazole rings is 1. The van der Waals surface area contributed by atoms with Crippen molar-refractivity contribution in [1.29, 1.82) is 0 Å². The molecule has 0 aliphatic carbocycles. The number of carbonyl (C=O) groups is 1. The van der Waals surface area contributed by atoms with Crippen LogP contribution < -0.4 is 4.90 Å². The number of hydrogen-bond acceptors (Lipinski definition) is 5. The van der Waals surface area contributed by atoms with Gasteiger partial charge in [-0.1, -0.05) is 20.3 Å². The Hall–Kier alpha value is -2.18. The average molecular weight is 330 g/mol. The third-order valence-electron chi connectivity index (χ3n) is 4.92. The number of nitrogens with zero attached hydrogens (tertiary/aromatic N) is 5. The van der Waals surface area contributed by atoms with Crippen molar-refractivity contribution in [3.8, 4) is 0 Å². The van der Waals surface area contributed by atoms with Gasteiger partial charge in [-0.2, -0.15) is 0 Å². The lowest BCUT2D eigenvalue weighted by atomic mass is 9.78. The number of fused-ring (bicyclic) bond motifs is 1. The molecule has 3 rings (SSSR count). The Morgan fingerprint density at radius 3 is 3.04 bits per heavy atom. The molecule has 0 bridgehead atoms. The average Bonchev–Trinajstić information content (AvgIpc) is 3.03. The molecule has 7 nitrogen and oxygen atoms in total. The predicted molar refractivity (Wildman–Crippen MR) is 93.8 cm³/mol. The molecule has 0 radical (unpaired) electrons. The molecule has 3 heterocycles. The third kappa shape index (κ3) is 3.34. The number of aromatic amines is 1. The molecule has 7 heteroatoms. The standard InChI is InChI=1S/C17H26N6O/c1-4-6-17(2)7-5-8-23(10-17)13(24)9-22(3)16-14-15(19-11-18-14)20-12-21-16/h11-12H,4-10H2,1-3H3,(H,18,19,20,21)/t17-/m0/s1. The molecule has 0 spiro atoms. The summed E-state index contributed by atoms with van der Waals surface area (Å²) in [5, 5.41) is 0. The third-order valence-corrected chi connectivity index (χ3v) is 4.92. The van der Waals surface area contributed by atoms with Gasteiger partial charge in [0.2, 0.25) is 5.91 Å². The second kappa shape index (κ2) is 6.75. The number of piperidine rings is 1. The number of aromatic nitrogens is 4. The van der Waals surface area contributed by atoms with Gasteiger partial charge in [-0.25, -0.2) is 15.0 Å². The zero-order valence-electron chi connectivity index (χ0n) is 14.7. The summed E-state index contributed by atoms with van der Waals surface area (Å²) < 4.78 is 0. The Bertz CT molecular complexity index is 710. The fraction of sp³-hybridized carbons (Fsp3) is 0.647. The number of carbonyl (C=O) groups excluding carboxylic acids is 1. The summed E-state index contributed by atoms with van der Waals surface area (Å²) in [4.78, 5) is 32.3. The van der Waals surface area contributed by atoms with Crippen molar-refractivity contribution in [2.45, 2.75) is 39.5 Å². The summed E-state index contributed by atoms with van der Waals surface area (Å²) in [6, 6.07) is 0. The molecular weight excluding hydrogens is 304 g/mol. The molecule has 24 heavy (non-hydrogen) atoms. The van der Waals surface area contributed by atoms with Gasteiger partial charge in [0.05, 0.1) is 12.9 Å². The predicted octanol–water partition coefficient (Wildman–Crippen LogP) is 2.22. The Morgan fingerprint density at radius 2 is 2.25 bits per heavy atom. The molecular formula is C17H26N6O. The van der Waals surface area contributed by atoms with Crippen LogP contribution in [0.1, 0.15) is 39.5 Å². The van der Waals surface area contributed by atoms with Gasteiger partial charge >= 0.3 is 0 Å². The maximum Gasteiger partial charge on any atom is 0.242 e. The summed E-state index contributed by atoms with van der Waals surface area (Å²) in [5.41, 5.74) is 1.64. The van der Waals surface area contributed by atoms with Crippen LogP contribution in [0.3, 0.4) is 0 Å². The molecule has 1 atom stereocenters. The highest BCUT2D eigenvalue weighted by molar-refractivity contribution is 5.87. The molecule has 1 aliphatic heterocycles. The Morgan fingerprint density at radius 1 is 1.42 bits per heavy atom. The first-order valence-electron chi connectivity index (χ1n) is 8.65. The van der Waals surface area contributed by atoms with E-state index in [2.05, 4.69) is 33.8 Å². The molecule has 1 saturated heterocycles. The number of likely N-dealkylation sites (tertiary alicyclic amines) is 1. The minimum atomic E-state index is 0.158. The topological polar surface area (TPSA) is 78.0 Å². The molecule has 1 N–H and O–H groups in total. The van der Waals surface area contributed by atoms with Crippen LogP contribution in [0.15, 0.2) is 12.7 Å². The smallest absolute Gasteiger partial charge is 0.242 e. The van der Waals surface area contributed by atoms with Crippen molar-refractivity contribution in [3.05, 3.63) is 12.7 Å². The summed E-state index contributed by atoms with van der Waals surface area (Å²) in [6.45, 7) is 6.54. The number of amides is 1. The van der Waals surface area contributed by atoms with Crippen molar-refractivity contribution in [3.63, 3.8) is 0 Å². The maximum absolute atomic E-state index is 12.8. The Kier molecular flexibility index (Phi) is 4.69. The van der Waals surface area contributed by atoms with E-state index in [1.54, 1.807) is 6.33 Å². The minimum absolute atomic E-state index is 0.158. The molecule has 0 unspecified atom stereocenters. The van der Waals surface area contributed by atoms with E-state index in [1.807, 2.05) is 16.8 Å². The summed E-state index contributed by atoms with van der Waals surface area (Å²) in [7, 11) is 1.88. The fourth-order valence-electron chi connectivity index (χ4n) is 3.76. The van der Waals surface area contributed by atoms with Crippen molar-refractivity contribution >= 4 is 22.9 Å². The van der Waals surface area contributed by atoms with Gasteiger partial charge in [-0.15, -0.1) is 0 Å². The largest absolute Gasteiger partial charge is 0.348 e. The first kappa shape index (κ1) is 16.7. The van der Waals surface area contributed by atoms with Gasteiger partial charge in [0, 0.05) is 20.1 Å². The van der Waals surface area contributed by atoms with Gasteiger partial charge in [-0.05, 0) is 24.7 Å². The highest BCUT2D eigenvalue weighted by Crippen LogP contribution is 2.34. The van der Waals surface area contributed by atoms with Crippen LogP contribution in [0.25, 0.3) is 11.2 Å². The molecule has 2 aromatic rings. The Labute approximate surface area is 142 Å². The van der Waals surface area contributed by atoms with E-state index < -0.39 is 0 Å². The van der Waals surface area contributed by atoms with E-state index in [0.29, 0.717) is 18.0 Å². The number of hydrogen-bond donors (Lipinski definition) is 1. The van der Waals surface area contributed by atoms with Crippen LogP contribution in [-0.2, 0) is 4.79 Å².